The van der Waals surface area contributed by atoms with Crippen LogP contribution in [0, 0.1) is 11.8 Å². The summed E-state index contributed by atoms with van der Waals surface area (Å²) in [5.41, 5.74) is 0.142. The normalized spacial score (nSPS) is 17.6. The van der Waals surface area contributed by atoms with Crippen LogP contribution >= 0.6 is 11.8 Å². The topological polar surface area (TPSA) is 78.7 Å². The molecule has 31 heavy (non-hydrogen) atoms. The molecule has 1 amide bonds. The van der Waals surface area contributed by atoms with Gasteiger partial charge in [0.25, 0.3) is 17.3 Å². The number of nitrogens with zero attached hydrogens (tertiary/aromatic N) is 4. The number of thioether (sulfide) groups is 1. The SMILES string of the molecule is CN1CN(C2c3ccccc3SCc3c(F)cccc32)n2nc(F)c(=O)c(O)c2C1=O. The number of halogens is 2. The van der Waals surface area contributed by atoms with E-state index < -0.39 is 34.8 Å². The predicted molar refractivity (Wildman–Crippen MR) is 110 cm³/mol. The van der Waals surface area contributed by atoms with Gasteiger partial charge in [-0.05, 0) is 23.3 Å². The van der Waals surface area contributed by atoms with Crippen molar-refractivity contribution in [3.05, 3.63) is 86.8 Å². The molecular formula is C21H16F2N4O3S. The summed E-state index contributed by atoms with van der Waals surface area (Å²) in [6.45, 7) is -0.0276. The highest BCUT2D eigenvalue weighted by Gasteiger charge is 2.39. The van der Waals surface area contributed by atoms with Gasteiger partial charge in [0.05, 0.1) is 0 Å². The molecule has 7 nitrogen and oxygen atoms in total. The molecule has 0 fully saturated rings. The molecule has 0 radical (unpaired) electrons. The van der Waals surface area contributed by atoms with Gasteiger partial charge in [-0.1, -0.05) is 30.3 Å². The number of rotatable bonds is 1. The van der Waals surface area contributed by atoms with Crippen molar-refractivity contribution in [3.63, 3.8) is 0 Å². The first-order chi connectivity index (χ1) is 14.9. The maximum Gasteiger partial charge on any atom is 0.284 e. The molecular weight excluding hydrogens is 426 g/mol. The quantitative estimate of drug-likeness (QED) is 0.624. The number of benzene rings is 2. The molecule has 0 spiro atoms. The maximum absolute atomic E-state index is 14.8. The molecule has 2 aromatic carbocycles. The standard InChI is InChI=1S/C21H16F2N4O3S/c1-25-10-26(27-17(21(25)30)18(28)19(29)20(23)24-27)16-11-6-4-7-14(22)13(11)9-31-15-8-3-2-5-12(15)16/h2-8,16,28H,9-10H2,1H3. The number of hydrogen-bond donors (Lipinski definition) is 1. The summed E-state index contributed by atoms with van der Waals surface area (Å²) in [4.78, 5) is 27.7. The van der Waals surface area contributed by atoms with Gasteiger partial charge in [0.1, 0.15) is 18.5 Å². The fourth-order valence-corrected chi connectivity index (χ4v) is 5.15. The smallest absolute Gasteiger partial charge is 0.284 e. The van der Waals surface area contributed by atoms with Crippen LogP contribution in [0.1, 0.15) is 33.2 Å². The molecule has 3 heterocycles. The van der Waals surface area contributed by atoms with Gasteiger partial charge in [-0.15, -0.1) is 16.9 Å². The van der Waals surface area contributed by atoms with Crippen LogP contribution in [0.3, 0.4) is 0 Å². The molecule has 0 saturated carbocycles. The summed E-state index contributed by atoms with van der Waals surface area (Å²) in [6, 6.07) is 11.6. The van der Waals surface area contributed by atoms with Crippen LogP contribution in [-0.2, 0) is 5.75 Å². The van der Waals surface area contributed by atoms with Crippen molar-refractivity contribution in [2.24, 2.45) is 0 Å². The third kappa shape index (κ3) is 2.89. The molecule has 1 atom stereocenters. The number of fused-ring (bicyclic) bond motifs is 3. The zero-order chi connectivity index (χ0) is 21.9. The highest BCUT2D eigenvalue weighted by molar-refractivity contribution is 7.98. The fraction of sp³-hybridized carbons (Fsp3) is 0.190. The van der Waals surface area contributed by atoms with Crippen LogP contribution in [-0.4, -0.2) is 39.5 Å². The average Bonchev–Trinajstić information content (AvgIpc) is 2.92. The Balaban J connectivity index is 1.82. The highest BCUT2D eigenvalue weighted by atomic mass is 32.2. The van der Waals surface area contributed by atoms with Crippen molar-refractivity contribution in [1.82, 2.24) is 14.8 Å². The Morgan fingerprint density at radius 2 is 1.84 bits per heavy atom. The van der Waals surface area contributed by atoms with E-state index in [0.29, 0.717) is 16.9 Å². The monoisotopic (exact) mass is 442 g/mol. The zero-order valence-electron chi connectivity index (χ0n) is 16.2. The minimum Gasteiger partial charge on any atom is -0.502 e. The molecule has 0 bridgehead atoms. The molecule has 1 aromatic heterocycles. The average molecular weight is 442 g/mol. The molecule has 2 aliphatic rings. The number of carbonyl (C=O) groups excluding carboxylic acids is 1. The lowest BCUT2D eigenvalue weighted by atomic mass is 9.94. The first-order valence-electron chi connectivity index (χ1n) is 9.41. The molecule has 2 aliphatic heterocycles. The van der Waals surface area contributed by atoms with Crippen molar-refractivity contribution in [2.75, 3.05) is 18.7 Å². The van der Waals surface area contributed by atoms with E-state index in [0.717, 1.165) is 15.2 Å². The second-order valence-corrected chi connectivity index (χ2v) is 8.34. The molecule has 3 aromatic rings. The Bertz CT molecular complexity index is 1300. The van der Waals surface area contributed by atoms with Gasteiger partial charge in [-0.25, -0.2) is 4.39 Å². The maximum atomic E-state index is 14.8. The van der Waals surface area contributed by atoms with E-state index in [4.69, 9.17) is 0 Å². The van der Waals surface area contributed by atoms with Crippen molar-refractivity contribution >= 4 is 17.7 Å². The summed E-state index contributed by atoms with van der Waals surface area (Å²) in [5.74, 6) is -3.09. The van der Waals surface area contributed by atoms with E-state index in [2.05, 4.69) is 5.10 Å². The summed E-state index contributed by atoms with van der Waals surface area (Å²) in [6.07, 6.45) is 0. The summed E-state index contributed by atoms with van der Waals surface area (Å²) >= 11 is 1.48. The van der Waals surface area contributed by atoms with Gasteiger partial charge in [-0.3, -0.25) is 14.6 Å². The second-order valence-electron chi connectivity index (χ2n) is 7.33. The highest BCUT2D eigenvalue weighted by Crippen LogP contribution is 2.43. The van der Waals surface area contributed by atoms with E-state index in [9.17, 15) is 23.5 Å². The minimum absolute atomic E-state index is 0.0276. The van der Waals surface area contributed by atoms with E-state index in [1.165, 1.54) is 29.8 Å². The lowest BCUT2D eigenvalue weighted by Crippen LogP contribution is -2.55. The molecule has 158 valence electrons. The van der Waals surface area contributed by atoms with E-state index >= 15 is 0 Å². The Morgan fingerprint density at radius 1 is 1.10 bits per heavy atom. The largest absolute Gasteiger partial charge is 0.502 e. The molecule has 1 N–H and O–H groups in total. The van der Waals surface area contributed by atoms with Gasteiger partial charge in [0.2, 0.25) is 5.75 Å². The van der Waals surface area contributed by atoms with Crippen molar-refractivity contribution in [3.8, 4) is 5.75 Å². The lowest BCUT2D eigenvalue weighted by molar-refractivity contribution is 0.0712. The third-order valence-corrected chi connectivity index (χ3v) is 6.61. The molecule has 10 heteroatoms. The van der Waals surface area contributed by atoms with Gasteiger partial charge in [-0.2, -0.15) is 9.18 Å². The zero-order valence-corrected chi connectivity index (χ0v) is 17.1. The Labute approximate surface area is 179 Å². The Kier molecular flexibility index (Phi) is 4.47. The van der Waals surface area contributed by atoms with Crippen molar-refractivity contribution in [1.29, 1.82) is 0 Å². The number of carbonyl (C=O) groups is 1. The van der Waals surface area contributed by atoms with Gasteiger partial charge in [0, 0.05) is 23.3 Å². The van der Waals surface area contributed by atoms with E-state index in [-0.39, 0.29) is 12.5 Å². The van der Waals surface area contributed by atoms with Gasteiger partial charge < -0.3 is 10.0 Å². The predicted octanol–water partition coefficient (Wildman–Crippen LogP) is 2.60. The van der Waals surface area contributed by atoms with Crippen LogP contribution in [0.15, 0.2) is 52.2 Å². The Hall–Kier alpha value is -3.40. The van der Waals surface area contributed by atoms with Crippen LogP contribution < -0.4 is 10.4 Å². The summed E-state index contributed by atoms with van der Waals surface area (Å²) in [5, 5.41) is 15.5. The van der Waals surface area contributed by atoms with Gasteiger partial charge >= 0.3 is 0 Å². The number of amides is 1. The molecule has 1 unspecified atom stereocenters. The van der Waals surface area contributed by atoms with Crippen LogP contribution in [0.5, 0.6) is 5.75 Å². The van der Waals surface area contributed by atoms with E-state index in [1.807, 2.05) is 24.3 Å². The Morgan fingerprint density at radius 3 is 2.65 bits per heavy atom. The van der Waals surface area contributed by atoms with Crippen molar-refractivity contribution < 1.29 is 18.7 Å². The number of aromatic hydroxyl groups is 1. The number of hydrogen-bond acceptors (Lipinski definition) is 6. The molecule has 5 rings (SSSR count). The van der Waals surface area contributed by atoms with Gasteiger partial charge in [0.15, 0.2) is 5.69 Å². The first kappa shape index (κ1) is 19.6. The summed E-state index contributed by atoms with van der Waals surface area (Å²) < 4.78 is 29.0. The molecule has 0 saturated heterocycles. The second kappa shape index (κ2) is 7.09. The third-order valence-electron chi connectivity index (χ3n) is 5.49. The van der Waals surface area contributed by atoms with Crippen LogP contribution in [0.25, 0.3) is 0 Å². The fourth-order valence-electron chi connectivity index (χ4n) is 4.02. The first-order valence-corrected chi connectivity index (χ1v) is 10.4. The van der Waals surface area contributed by atoms with Crippen LogP contribution in [0.2, 0.25) is 0 Å². The number of aromatic nitrogens is 2. The van der Waals surface area contributed by atoms with E-state index in [1.54, 1.807) is 17.1 Å². The minimum atomic E-state index is -1.43. The lowest BCUT2D eigenvalue weighted by Gasteiger charge is -2.41. The van der Waals surface area contributed by atoms with Crippen molar-refractivity contribution in [2.45, 2.75) is 16.7 Å². The van der Waals surface area contributed by atoms with Crippen LogP contribution in [0.4, 0.5) is 8.78 Å². The summed E-state index contributed by atoms with van der Waals surface area (Å²) in [7, 11) is 1.50. The molecule has 0 aliphatic carbocycles.